The van der Waals surface area contributed by atoms with Gasteiger partial charge in [-0.15, -0.1) is 12.4 Å². The number of hydrogen-bond donors (Lipinski definition) is 1. The summed E-state index contributed by atoms with van der Waals surface area (Å²) in [4.78, 5) is 14.6. The summed E-state index contributed by atoms with van der Waals surface area (Å²) < 4.78 is 5.69. The van der Waals surface area contributed by atoms with Gasteiger partial charge in [-0.05, 0) is 38.4 Å². The van der Waals surface area contributed by atoms with Crippen LogP contribution in [-0.4, -0.2) is 44.1 Å². The Morgan fingerprint density at radius 3 is 2.76 bits per heavy atom. The van der Waals surface area contributed by atoms with Crippen molar-refractivity contribution in [2.75, 3.05) is 33.3 Å². The number of carbonyl (C=O) groups excluding carboxylic acids is 1. The molecule has 1 aromatic carbocycles. The smallest absolute Gasteiger partial charge is 0.256 e. The number of carbonyl (C=O) groups is 1. The molecule has 2 unspecified atom stereocenters. The summed E-state index contributed by atoms with van der Waals surface area (Å²) in [5.74, 6) is 0.652. The molecular weight excluding hydrogens is 288 g/mol. The molecule has 1 saturated heterocycles. The molecule has 0 bridgehead atoms. The first-order chi connectivity index (χ1) is 9.76. The Bertz CT molecular complexity index is 428. The van der Waals surface area contributed by atoms with Crippen LogP contribution in [-0.2, 0) is 9.53 Å². The number of benzene rings is 1. The number of nitrogens with one attached hydrogen (secondary N) is 1. The lowest BCUT2D eigenvalue weighted by atomic mass is 10.1. The monoisotopic (exact) mass is 312 g/mol. The van der Waals surface area contributed by atoms with Gasteiger partial charge < -0.3 is 15.0 Å². The van der Waals surface area contributed by atoms with Gasteiger partial charge in [-0.25, -0.2) is 0 Å². The fourth-order valence-corrected chi connectivity index (χ4v) is 2.76. The average Bonchev–Trinajstić information content (AvgIpc) is 2.94. The summed E-state index contributed by atoms with van der Waals surface area (Å²) in [6.07, 6.45) is 0.606. The van der Waals surface area contributed by atoms with E-state index >= 15 is 0 Å². The maximum Gasteiger partial charge on any atom is 0.256 e. The Morgan fingerprint density at radius 2 is 2.14 bits per heavy atom. The number of ether oxygens (including phenoxy) is 1. The minimum atomic E-state index is -0.463. The third-order valence-electron chi connectivity index (χ3n) is 3.75. The van der Waals surface area contributed by atoms with Crippen LogP contribution in [0, 0.1) is 5.92 Å². The predicted octanol–water partition coefficient (Wildman–Crippen LogP) is 2.25. The van der Waals surface area contributed by atoms with Crippen LogP contribution in [0.5, 0.6) is 0 Å². The van der Waals surface area contributed by atoms with Gasteiger partial charge in [-0.1, -0.05) is 30.3 Å². The largest absolute Gasteiger partial charge is 0.364 e. The van der Waals surface area contributed by atoms with Crippen LogP contribution in [0.4, 0.5) is 0 Å². The standard InChI is InChI=1S/C16H24N2O2.ClH/c1-3-20-15(14-7-5-4-6-8-14)16(19)18-10-9-13(12-18)11-17-2;/h4-8,13,15,17H,3,9-12H2,1-2H3;1H. The molecule has 1 aliphatic heterocycles. The summed E-state index contributed by atoms with van der Waals surface area (Å²) >= 11 is 0. The molecule has 4 nitrogen and oxygen atoms in total. The zero-order valence-corrected chi connectivity index (χ0v) is 13.6. The lowest BCUT2D eigenvalue weighted by Gasteiger charge is -2.23. The molecule has 118 valence electrons. The van der Waals surface area contributed by atoms with Gasteiger partial charge in [0.15, 0.2) is 6.10 Å². The van der Waals surface area contributed by atoms with Crippen molar-refractivity contribution in [3.05, 3.63) is 35.9 Å². The summed E-state index contributed by atoms with van der Waals surface area (Å²) in [6.45, 7) is 5.10. The normalized spacial score (nSPS) is 19.1. The second-order valence-corrected chi connectivity index (χ2v) is 5.24. The fourth-order valence-electron chi connectivity index (χ4n) is 2.76. The molecule has 5 heteroatoms. The van der Waals surface area contributed by atoms with Crippen LogP contribution in [0.15, 0.2) is 30.3 Å². The quantitative estimate of drug-likeness (QED) is 0.876. The van der Waals surface area contributed by atoms with Crippen LogP contribution in [0.2, 0.25) is 0 Å². The Labute approximate surface area is 133 Å². The van der Waals surface area contributed by atoms with Gasteiger partial charge in [-0.2, -0.15) is 0 Å². The fraction of sp³-hybridized carbons (Fsp3) is 0.562. The van der Waals surface area contributed by atoms with Gasteiger partial charge in [0.05, 0.1) is 0 Å². The second-order valence-electron chi connectivity index (χ2n) is 5.24. The van der Waals surface area contributed by atoms with Gasteiger partial charge in [0.1, 0.15) is 0 Å². The first kappa shape index (κ1) is 18.0. The van der Waals surface area contributed by atoms with E-state index in [2.05, 4.69) is 5.32 Å². The predicted molar refractivity (Wildman–Crippen MR) is 86.7 cm³/mol. The van der Waals surface area contributed by atoms with Crippen molar-refractivity contribution >= 4 is 18.3 Å². The molecule has 1 aliphatic rings. The maximum absolute atomic E-state index is 12.7. The maximum atomic E-state index is 12.7. The van der Waals surface area contributed by atoms with Crippen LogP contribution in [0.3, 0.4) is 0 Å². The van der Waals surface area contributed by atoms with E-state index in [0.717, 1.165) is 31.6 Å². The van der Waals surface area contributed by atoms with E-state index in [0.29, 0.717) is 12.5 Å². The van der Waals surface area contributed by atoms with Crippen molar-refractivity contribution in [1.29, 1.82) is 0 Å². The summed E-state index contributed by atoms with van der Waals surface area (Å²) in [5.41, 5.74) is 0.941. The van der Waals surface area contributed by atoms with Crippen molar-refractivity contribution < 1.29 is 9.53 Å². The molecule has 1 heterocycles. The molecule has 0 aromatic heterocycles. The third-order valence-corrected chi connectivity index (χ3v) is 3.75. The number of hydrogen-bond acceptors (Lipinski definition) is 3. The number of likely N-dealkylation sites (tertiary alicyclic amines) is 1. The van der Waals surface area contributed by atoms with Gasteiger partial charge in [0.25, 0.3) is 5.91 Å². The minimum absolute atomic E-state index is 0. The molecule has 1 N–H and O–H groups in total. The molecule has 0 spiro atoms. The second kappa shape index (κ2) is 9.03. The number of nitrogens with zero attached hydrogens (tertiary/aromatic N) is 1. The molecule has 2 rings (SSSR count). The van der Waals surface area contributed by atoms with E-state index < -0.39 is 6.10 Å². The van der Waals surface area contributed by atoms with Crippen molar-refractivity contribution in [2.24, 2.45) is 5.92 Å². The van der Waals surface area contributed by atoms with Gasteiger partial charge in [0, 0.05) is 19.7 Å². The molecule has 1 fully saturated rings. The first-order valence-electron chi connectivity index (χ1n) is 7.36. The highest BCUT2D eigenvalue weighted by atomic mass is 35.5. The average molecular weight is 313 g/mol. The molecular formula is C16H25ClN2O2. The Balaban J connectivity index is 0.00000220. The van der Waals surface area contributed by atoms with Crippen molar-refractivity contribution in [3.8, 4) is 0 Å². The zero-order valence-electron chi connectivity index (χ0n) is 12.7. The number of rotatable bonds is 6. The van der Waals surface area contributed by atoms with Crippen molar-refractivity contribution in [3.63, 3.8) is 0 Å². The minimum Gasteiger partial charge on any atom is -0.364 e. The third kappa shape index (κ3) is 4.70. The summed E-state index contributed by atoms with van der Waals surface area (Å²) in [6, 6.07) is 9.76. The molecule has 0 radical (unpaired) electrons. The molecule has 0 saturated carbocycles. The lowest BCUT2D eigenvalue weighted by Crippen LogP contribution is -2.35. The van der Waals surface area contributed by atoms with Gasteiger partial charge in [0.2, 0.25) is 0 Å². The van der Waals surface area contributed by atoms with Crippen molar-refractivity contribution in [1.82, 2.24) is 10.2 Å². The van der Waals surface area contributed by atoms with Crippen LogP contribution in [0.25, 0.3) is 0 Å². The lowest BCUT2D eigenvalue weighted by molar-refractivity contribution is -0.143. The number of halogens is 1. The summed E-state index contributed by atoms with van der Waals surface area (Å²) in [5, 5.41) is 3.19. The molecule has 0 aliphatic carbocycles. The zero-order chi connectivity index (χ0) is 14.4. The molecule has 1 amide bonds. The first-order valence-corrected chi connectivity index (χ1v) is 7.36. The molecule has 1 aromatic rings. The van der Waals surface area contributed by atoms with Crippen LogP contribution < -0.4 is 5.32 Å². The van der Waals surface area contributed by atoms with E-state index in [1.165, 1.54) is 0 Å². The molecule has 21 heavy (non-hydrogen) atoms. The van der Waals surface area contributed by atoms with Gasteiger partial charge in [-0.3, -0.25) is 4.79 Å². The van der Waals surface area contributed by atoms with Crippen LogP contribution in [0.1, 0.15) is 25.0 Å². The van der Waals surface area contributed by atoms with E-state index in [-0.39, 0.29) is 18.3 Å². The Kier molecular flexibility index (Phi) is 7.72. The Hall–Kier alpha value is -1.10. The van der Waals surface area contributed by atoms with E-state index in [4.69, 9.17) is 4.74 Å². The summed E-state index contributed by atoms with van der Waals surface area (Å²) in [7, 11) is 1.96. The molecule has 2 atom stereocenters. The van der Waals surface area contributed by atoms with E-state index in [9.17, 15) is 4.79 Å². The SMILES string of the molecule is CCOC(C(=O)N1CCC(CNC)C1)c1ccccc1.Cl. The highest BCUT2D eigenvalue weighted by molar-refractivity contribution is 5.85. The van der Waals surface area contributed by atoms with E-state index in [1.807, 2.05) is 49.2 Å². The van der Waals surface area contributed by atoms with E-state index in [1.54, 1.807) is 0 Å². The highest BCUT2D eigenvalue weighted by Crippen LogP contribution is 2.24. The van der Waals surface area contributed by atoms with Crippen molar-refractivity contribution in [2.45, 2.75) is 19.4 Å². The highest BCUT2D eigenvalue weighted by Gasteiger charge is 2.31. The number of amides is 1. The van der Waals surface area contributed by atoms with Gasteiger partial charge >= 0.3 is 0 Å². The Morgan fingerprint density at radius 1 is 1.43 bits per heavy atom. The topological polar surface area (TPSA) is 41.6 Å². The van der Waals surface area contributed by atoms with Crippen LogP contribution >= 0.6 is 12.4 Å².